The largest absolute Gasteiger partial charge is 0.326 e. The normalized spacial score (nSPS) is 14.3. The number of nitro groups is 1. The summed E-state index contributed by atoms with van der Waals surface area (Å²) in [5, 5.41) is 13.3. The number of nitrogens with zero attached hydrogens (tertiary/aromatic N) is 2. The molecule has 2 rings (SSSR count). The summed E-state index contributed by atoms with van der Waals surface area (Å²) >= 11 is 0. The fourth-order valence-corrected chi connectivity index (χ4v) is 2.16. The SMILES string of the molecule is Cc1ccc([N+](=O)[O-])cc1NC(=O)CCN1C(=O)CCC1=O. The Bertz CT molecular complexity index is 640. The third kappa shape index (κ3) is 3.46. The molecule has 1 aromatic rings. The van der Waals surface area contributed by atoms with Gasteiger partial charge in [0.25, 0.3) is 5.69 Å². The fourth-order valence-electron chi connectivity index (χ4n) is 2.16. The molecule has 0 bridgehead atoms. The fraction of sp³-hybridized carbons (Fsp3) is 0.357. The lowest BCUT2D eigenvalue weighted by molar-refractivity contribution is -0.384. The summed E-state index contributed by atoms with van der Waals surface area (Å²) in [5.74, 6) is -0.954. The maximum Gasteiger partial charge on any atom is 0.271 e. The van der Waals surface area contributed by atoms with E-state index in [2.05, 4.69) is 5.32 Å². The average Bonchev–Trinajstić information content (AvgIpc) is 2.78. The number of hydrogen-bond acceptors (Lipinski definition) is 5. The minimum atomic E-state index is -0.545. The maximum absolute atomic E-state index is 11.9. The van der Waals surface area contributed by atoms with Crippen LogP contribution in [-0.4, -0.2) is 34.1 Å². The number of aryl methyl sites for hydroxylation is 1. The molecule has 0 unspecified atom stereocenters. The van der Waals surface area contributed by atoms with Crippen LogP contribution in [0, 0.1) is 17.0 Å². The van der Waals surface area contributed by atoms with Crippen LogP contribution in [0.2, 0.25) is 0 Å². The lowest BCUT2D eigenvalue weighted by atomic mass is 10.1. The van der Waals surface area contributed by atoms with Crippen molar-refractivity contribution in [3.8, 4) is 0 Å². The van der Waals surface area contributed by atoms with Gasteiger partial charge in [-0.15, -0.1) is 0 Å². The smallest absolute Gasteiger partial charge is 0.271 e. The predicted molar refractivity (Wildman–Crippen MR) is 77.0 cm³/mol. The molecule has 8 nitrogen and oxygen atoms in total. The molecule has 3 amide bonds. The summed E-state index contributed by atoms with van der Waals surface area (Å²) in [5.41, 5.74) is 0.913. The standard InChI is InChI=1S/C14H15N3O5/c1-9-2-3-10(17(21)22)8-11(9)15-12(18)6-7-16-13(19)4-5-14(16)20/h2-3,8H,4-7H2,1H3,(H,15,18). The molecule has 1 saturated heterocycles. The van der Waals surface area contributed by atoms with Crippen LogP contribution in [0.25, 0.3) is 0 Å². The van der Waals surface area contributed by atoms with E-state index in [1.807, 2.05) is 0 Å². The van der Waals surface area contributed by atoms with Crippen molar-refractivity contribution in [1.82, 2.24) is 4.90 Å². The Balaban J connectivity index is 1.97. The zero-order valence-electron chi connectivity index (χ0n) is 12.0. The number of likely N-dealkylation sites (tertiary alicyclic amines) is 1. The van der Waals surface area contributed by atoms with E-state index >= 15 is 0 Å². The molecular weight excluding hydrogens is 290 g/mol. The number of benzene rings is 1. The third-order valence-electron chi connectivity index (χ3n) is 3.42. The predicted octanol–water partition coefficient (Wildman–Crippen LogP) is 1.38. The summed E-state index contributed by atoms with van der Waals surface area (Å²) in [7, 11) is 0. The highest BCUT2D eigenvalue weighted by Crippen LogP contribution is 2.22. The number of carbonyl (C=O) groups excluding carboxylic acids is 3. The van der Waals surface area contributed by atoms with Crippen molar-refractivity contribution < 1.29 is 19.3 Å². The molecule has 1 N–H and O–H groups in total. The highest BCUT2D eigenvalue weighted by molar-refractivity contribution is 6.02. The number of amides is 3. The minimum Gasteiger partial charge on any atom is -0.326 e. The number of hydrogen-bond donors (Lipinski definition) is 1. The number of imide groups is 1. The molecule has 0 atom stereocenters. The Morgan fingerprint density at radius 1 is 1.32 bits per heavy atom. The molecule has 1 aliphatic rings. The van der Waals surface area contributed by atoms with Crippen LogP contribution in [0.1, 0.15) is 24.8 Å². The zero-order valence-corrected chi connectivity index (χ0v) is 12.0. The highest BCUT2D eigenvalue weighted by Gasteiger charge is 2.28. The number of rotatable bonds is 5. The van der Waals surface area contributed by atoms with E-state index in [-0.39, 0.29) is 43.3 Å². The van der Waals surface area contributed by atoms with E-state index in [1.165, 1.54) is 12.1 Å². The molecule has 8 heteroatoms. The summed E-state index contributed by atoms with van der Waals surface area (Å²) in [4.78, 5) is 46.0. The average molecular weight is 305 g/mol. The molecule has 1 aromatic carbocycles. The van der Waals surface area contributed by atoms with Gasteiger partial charge in [-0.2, -0.15) is 0 Å². The van der Waals surface area contributed by atoms with Crippen LogP contribution in [0.3, 0.4) is 0 Å². The lowest BCUT2D eigenvalue weighted by Crippen LogP contribution is -2.32. The first-order valence-corrected chi connectivity index (χ1v) is 6.76. The molecular formula is C14H15N3O5. The Hall–Kier alpha value is -2.77. The van der Waals surface area contributed by atoms with Gasteiger partial charge < -0.3 is 5.32 Å². The van der Waals surface area contributed by atoms with Crippen molar-refractivity contribution in [1.29, 1.82) is 0 Å². The van der Waals surface area contributed by atoms with Gasteiger partial charge in [0.15, 0.2) is 0 Å². The molecule has 116 valence electrons. The zero-order chi connectivity index (χ0) is 16.3. The number of nitro benzene ring substituents is 1. The molecule has 0 spiro atoms. The Morgan fingerprint density at radius 3 is 2.55 bits per heavy atom. The Kier molecular flexibility index (Phi) is 4.50. The molecule has 0 aliphatic carbocycles. The van der Waals surface area contributed by atoms with Gasteiger partial charge in [-0.05, 0) is 12.5 Å². The van der Waals surface area contributed by atoms with Crippen LogP contribution < -0.4 is 5.32 Å². The van der Waals surface area contributed by atoms with E-state index in [0.29, 0.717) is 11.3 Å². The number of carbonyl (C=O) groups is 3. The lowest BCUT2D eigenvalue weighted by Gasteiger charge is -2.13. The van der Waals surface area contributed by atoms with Gasteiger partial charge in [0, 0.05) is 37.9 Å². The summed E-state index contributed by atoms with van der Waals surface area (Å²) in [6.45, 7) is 1.74. The number of anilines is 1. The van der Waals surface area contributed by atoms with Crippen LogP contribution >= 0.6 is 0 Å². The van der Waals surface area contributed by atoms with Gasteiger partial charge in [-0.1, -0.05) is 6.07 Å². The van der Waals surface area contributed by atoms with Crippen LogP contribution in [-0.2, 0) is 14.4 Å². The highest BCUT2D eigenvalue weighted by atomic mass is 16.6. The van der Waals surface area contributed by atoms with E-state index in [9.17, 15) is 24.5 Å². The minimum absolute atomic E-state index is 0.0253. The Labute approximate surface area is 126 Å². The molecule has 0 aromatic heterocycles. The molecule has 1 heterocycles. The molecule has 22 heavy (non-hydrogen) atoms. The van der Waals surface area contributed by atoms with E-state index in [0.717, 1.165) is 4.90 Å². The topological polar surface area (TPSA) is 110 Å². The van der Waals surface area contributed by atoms with Crippen molar-refractivity contribution in [2.45, 2.75) is 26.2 Å². The molecule has 0 saturated carbocycles. The van der Waals surface area contributed by atoms with Gasteiger partial charge in [0.1, 0.15) is 0 Å². The van der Waals surface area contributed by atoms with Gasteiger partial charge in [-0.25, -0.2) is 0 Å². The quantitative estimate of drug-likeness (QED) is 0.502. The van der Waals surface area contributed by atoms with Crippen molar-refractivity contribution in [2.24, 2.45) is 0 Å². The van der Waals surface area contributed by atoms with Gasteiger partial charge in [-0.3, -0.25) is 29.4 Å². The third-order valence-corrected chi connectivity index (χ3v) is 3.42. The molecule has 1 fully saturated rings. The molecule has 1 aliphatic heterocycles. The second-order valence-corrected chi connectivity index (χ2v) is 4.99. The number of nitrogens with one attached hydrogen (secondary N) is 1. The first-order valence-electron chi connectivity index (χ1n) is 6.76. The maximum atomic E-state index is 11.9. The monoisotopic (exact) mass is 305 g/mol. The van der Waals surface area contributed by atoms with E-state index < -0.39 is 10.8 Å². The van der Waals surface area contributed by atoms with Crippen molar-refractivity contribution in [2.75, 3.05) is 11.9 Å². The van der Waals surface area contributed by atoms with Crippen LogP contribution in [0.5, 0.6) is 0 Å². The van der Waals surface area contributed by atoms with Crippen LogP contribution in [0.4, 0.5) is 11.4 Å². The second-order valence-electron chi connectivity index (χ2n) is 4.99. The van der Waals surface area contributed by atoms with Gasteiger partial charge in [0.2, 0.25) is 17.7 Å². The van der Waals surface area contributed by atoms with Crippen molar-refractivity contribution in [3.63, 3.8) is 0 Å². The van der Waals surface area contributed by atoms with Gasteiger partial charge >= 0.3 is 0 Å². The number of non-ortho nitro benzene ring substituents is 1. The Morgan fingerprint density at radius 2 is 1.95 bits per heavy atom. The van der Waals surface area contributed by atoms with Gasteiger partial charge in [0.05, 0.1) is 10.6 Å². The second kappa shape index (κ2) is 6.33. The first kappa shape index (κ1) is 15.6. The van der Waals surface area contributed by atoms with E-state index in [4.69, 9.17) is 0 Å². The molecule has 0 radical (unpaired) electrons. The van der Waals surface area contributed by atoms with Crippen molar-refractivity contribution in [3.05, 3.63) is 33.9 Å². The summed E-state index contributed by atoms with van der Waals surface area (Å²) in [6.07, 6.45) is 0.328. The van der Waals surface area contributed by atoms with Crippen molar-refractivity contribution >= 4 is 29.1 Å². The first-order chi connectivity index (χ1) is 10.4. The van der Waals surface area contributed by atoms with E-state index in [1.54, 1.807) is 13.0 Å². The van der Waals surface area contributed by atoms with Crippen LogP contribution in [0.15, 0.2) is 18.2 Å². The summed E-state index contributed by atoms with van der Waals surface area (Å²) in [6, 6.07) is 4.17. The summed E-state index contributed by atoms with van der Waals surface area (Å²) < 4.78 is 0.